The summed E-state index contributed by atoms with van der Waals surface area (Å²) in [5.74, 6) is 0. The molecule has 0 heterocycles. The zero-order valence-electron chi connectivity index (χ0n) is 14.1. The summed E-state index contributed by atoms with van der Waals surface area (Å²) in [4.78, 5) is 10.6. The summed E-state index contributed by atoms with van der Waals surface area (Å²) < 4.78 is 5.87. The van der Waals surface area contributed by atoms with Crippen molar-refractivity contribution in [3.63, 3.8) is 0 Å². The third-order valence-corrected chi connectivity index (χ3v) is 8.25. The Labute approximate surface area is 125 Å². The number of aryl methyl sites for hydroxylation is 1. The molecule has 0 bridgehead atoms. The number of benzene rings is 1. The quantitative estimate of drug-likeness (QED) is 0.578. The summed E-state index contributed by atoms with van der Waals surface area (Å²) in [6, 6.07) is 10.3. The zero-order valence-corrected chi connectivity index (χ0v) is 15.1. The van der Waals surface area contributed by atoms with E-state index in [9.17, 15) is 4.79 Å². The Balaban J connectivity index is 0.000000428. The summed E-state index contributed by atoms with van der Waals surface area (Å²) in [6.07, 6.45) is 1.48. The lowest BCUT2D eigenvalue weighted by molar-refractivity contribution is -0.114. The average Bonchev–Trinajstić information content (AvgIpc) is 2.36. The van der Waals surface area contributed by atoms with Crippen molar-refractivity contribution in [1.82, 2.24) is 0 Å². The van der Waals surface area contributed by atoms with E-state index in [0.717, 1.165) is 12.7 Å². The van der Waals surface area contributed by atoms with E-state index in [1.54, 1.807) is 0 Å². The van der Waals surface area contributed by atoms with Gasteiger partial charge in [0.15, 0.2) is 8.32 Å². The molecule has 1 aromatic rings. The molecule has 2 nitrogen and oxygen atoms in total. The van der Waals surface area contributed by atoms with Crippen LogP contribution in [0, 0.1) is 6.92 Å². The van der Waals surface area contributed by atoms with Crippen LogP contribution in [0.3, 0.4) is 0 Å². The van der Waals surface area contributed by atoms with Crippen LogP contribution in [0.2, 0.25) is 18.1 Å². The second kappa shape index (κ2) is 8.38. The van der Waals surface area contributed by atoms with Gasteiger partial charge in [-0.2, -0.15) is 0 Å². The minimum absolute atomic E-state index is 0.184. The summed E-state index contributed by atoms with van der Waals surface area (Å²) in [7, 11) is -1.74. The Morgan fingerprint density at radius 1 is 1.20 bits per heavy atom. The van der Waals surface area contributed by atoms with Crippen LogP contribution in [-0.2, 0) is 9.22 Å². The standard InChI is InChI=1S/C10H22O2Si.C7H8/c1-7-9(8-11)12-13(5,6)10(2,3)4;1-7-5-3-2-4-6-7/h8-9H,7H2,1-6H3;2-6H,1H3. The van der Waals surface area contributed by atoms with Crippen LogP contribution in [0.4, 0.5) is 0 Å². The fraction of sp³-hybridized carbons (Fsp3) is 0.588. The highest BCUT2D eigenvalue weighted by Crippen LogP contribution is 2.37. The van der Waals surface area contributed by atoms with Crippen molar-refractivity contribution < 1.29 is 9.22 Å². The van der Waals surface area contributed by atoms with E-state index in [1.165, 1.54) is 5.56 Å². The molecule has 1 aromatic carbocycles. The van der Waals surface area contributed by atoms with Crippen LogP contribution < -0.4 is 0 Å². The molecule has 0 aliphatic rings. The Morgan fingerprint density at radius 3 is 1.95 bits per heavy atom. The lowest BCUT2D eigenvalue weighted by Crippen LogP contribution is -2.44. The highest BCUT2D eigenvalue weighted by molar-refractivity contribution is 6.74. The molecule has 1 unspecified atom stereocenters. The fourth-order valence-electron chi connectivity index (χ4n) is 1.30. The van der Waals surface area contributed by atoms with Gasteiger partial charge < -0.3 is 9.22 Å². The maximum Gasteiger partial charge on any atom is 0.193 e. The summed E-state index contributed by atoms with van der Waals surface area (Å²) in [5, 5.41) is 0.184. The van der Waals surface area contributed by atoms with Crippen LogP contribution in [0.15, 0.2) is 30.3 Å². The smallest absolute Gasteiger partial charge is 0.193 e. The van der Waals surface area contributed by atoms with Gasteiger partial charge in [-0.1, -0.05) is 63.6 Å². The molecule has 0 aliphatic carbocycles. The van der Waals surface area contributed by atoms with Crippen molar-refractivity contribution >= 4 is 14.6 Å². The first-order chi connectivity index (χ1) is 9.14. The molecule has 0 spiro atoms. The molecule has 0 amide bonds. The van der Waals surface area contributed by atoms with Gasteiger partial charge in [-0.15, -0.1) is 0 Å². The first-order valence-corrected chi connectivity index (χ1v) is 10.2. The minimum Gasteiger partial charge on any atom is -0.407 e. The predicted molar refractivity (Wildman–Crippen MR) is 89.6 cm³/mol. The molecule has 20 heavy (non-hydrogen) atoms. The van der Waals surface area contributed by atoms with Gasteiger partial charge in [0.2, 0.25) is 0 Å². The van der Waals surface area contributed by atoms with Gasteiger partial charge in [-0.05, 0) is 31.5 Å². The maximum absolute atomic E-state index is 10.6. The molecule has 114 valence electrons. The van der Waals surface area contributed by atoms with E-state index >= 15 is 0 Å². The first-order valence-electron chi connectivity index (χ1n) is 7.28. The van der Waals surface area contributed by atoms with Gasteiger partial charge in [0.1, 0.15) is 12.4 Å². The van der Waals surface area contributed by atoms with E-state index in [1.807, 2.05) is 25.1 Å². The van der Waals surface area contributed by atoms with Crippen LogP contribution in [0.1, 0.15) is 39.7 Å². The maximum atomic E-state index is 10.6. The van der Waals surface area contributed by atoms with Crippen LogP contribution >= 0.6 is 0 Å². The number of carbonyl (C=O) groups is 1. The van der Waals surface area contributed by atoms with Gasteiger partial charge in [0.05, 0.1) is 0 Å². The lowest BCUT2D eigenvalue weighted by atomic mass is 10.2. The molecule has 0 saturated heterocycles. The number of hydrogen-bond acceptors (Lipinski definition) is 2. The molecular weight excluding hydrogens is 264 g/mol. The van der Waals surface area contributed by atoms with Gasteiger partial charge in [0.25, 0.3) is 0 Å². The minimum atomic E-state index is -1.74. The molecule has 1 atom stereocenters. The molecule has 0 N–H and O–H groups in total. The summed E-state index contributed by atoms with van der Waals surface area (Å²) >= 11 is 0. The van der Waals surface area contributed by atoms with Crippen molar-refractivity contribution in [2.45, 2.75) is 65.3 Å². The van der Waals surface area contributed by atoms with E-state index in [2.05, 4.69) is 52.9 Å². The molecular formula is C17H30O2Si. The van der Waals surface area contributed by atoms with E-state index in [0.29, 0.717) is 0 Å². The average molecular weight is 295 g/mol. The normalized spacial score (nSPS) is 13.2. The highest BCUT2D eigenvalue weighted by atomic mass is 28.4. The van der Waals surface area contributed by atoms with Crippen molar-refractivity contribution in [1.29, 1.82) is 0 Å². The fourth-order valence-corrected chi connectivity index (χ4v) is 2.63. The number of carbonyl (C=O) groups excluding carboxylic acids is 1. The molecule has 0 fully saturated rings. The van der Waals surface area contributed by atoms with Gasteiger partial charge in [-0.3, -0.25) is 0 Å². The SMILES string of the molecule is CCC(C=O)O[Si](C)(C)C(C)(C)C.Cc1ccccc1. The highest BCUT2D eigenvalue weighted by Gasteiger charge is 2.38. The number of rotatable bonds is 4. The van der Waals surface area contributed by atoms with Crippen LogP contribution in [0.25, 0.3) is 0 Å². The molecule has 0 radical (unpaired) electrons. The second-order valence-electron chi connectivity index (χ2n) is 6.62. The zero-order chi connectivity index (χ0) is 15.8. The lowest BCUT2D eigenvalue weighted by Gasteiger charge is -2.37. The van der Waals surface area contributed by atoms with E-state index in [-0.39, 0.29) is 11.1 Å². The number of aldehydes is 1. The Hall–Kier alpha value is -0.933. The molecule has 0 aliphatic heterocycles. The van der Waals surface area contributed by atoms with E-state index in [4.69, 9.17) is 4.43 Å². The summed E-state index contributed by atoms with van der Waals surface area (Å²) in [5.41, 5.74) is 1.32. The van der Waals surface area contributed by atoms with E-state index < -0.39 is 8.32 Å². The van der Waals surface area contributed by atoms with Crippen molar-refractivity contribution in [2.24, 2.45) is 0 Å². The van der Waals surface area contributed by atoms with Crippen molar-refractivity contribution in [3.05, 3.63) is 35.9 Å². The summed E-state index contributed by atoms with van der Waals surface area (Å²) in [6.45, 7) is 14.9. The topological polar surface area (TPSA) is 26.3 Å². The Kier molecular flexibility index (Phi) is 7.98. The molecule has 0 saturated carbocycles. The molecule has 3 heteroatoms. The van der Waals surface area contributed by atoms with Crippen LogP contribution in [-0.4, -0.2) is 20.7 Å². The van der Waals surface area contributed by atoms with Gasteiger partial charge in [0, 0.05) is 0 Å². The third-order valence-electron chi connectivity index (χ3n) is 3.75. The van der Waals surface area contributed by atoms with Crippen LogP contribution in [0.5, 0.6) is 0 Å². The van der Waals surface area contributed by atoms with Crippen molar-refractivity contribution in [2.75, 3.05) is 0 Å². The molecule has 1 rings (SSSR count). The predicted octanol–water partition coefficient (Wildman–Crippen LogP) is 4.98. The van der Waals surface area contributed by atoms with Gasteiger partial charge in [-0.25, -0.2) is 0 Å². The monoisotopic (exact) mass is 294 g/mol. The van der Waals surface area contributed by atoms with Crippen molar-refractivity contribution in [3.8, 4) is 0 Å². The first kappa shape index (κ1) is 19.1. The van der Waals surface area contributed by atoms with Gasteiger partial charge >= 0.3 is 0 Å². The second-order valence-corrected chi connectivity index (χ2v) is 11.4. The largest absolute Gasteiger partial charge is 0.407 e. The Morgan fingerprint density at radius 2 is 1.70 bits per heavy atom. The third kappa shape index (κ3) is 7.01. The number of hydrogen-bond donors (Lipinski definition) is 0. The Bertz CT molecular complexity index is 380. The molecule has 0 aromatic heterocycles.